The van der Waals surface area contributed by atoms with Crippen molar-refractivity contribution < 1.29 is 0 Å². The summed E-state index contributed by atoms with van der Waals surface area (Å²) < 4.78 is 0. The van der Waals surface area contributed by atoms with Crippen molar-refractivity contribution in [3.63, 3.8) is 0 Å². The Bertz CT molecular complexity index is 167. The molecule has 0 amide bonds. The molecule has 0 fully saturated rings. The first-order valence-electron chi connectivity index (χ1n) is 3.41. The smallest absolute Gasteiger partial charge is 0.155 e. The number of allylic oxidation sites excluding steroid dienone is 2. The molecule has 0 radical (unpaired) electrons. The summed E-state index contributed by atoms with van der Waals surface area (Å²) >= 11 is 7.75. The summed E-state index contributed by atoms with van der Waals surface area (Å²) in [5, 5.41) is 0. The molecule has 1 heterocycles. The minimum absolute atomic E-state index is 0.130. The molecule has 0 aromatic rings. The van der Waals surface area contributed by atoms with E-state index in [9.17, 15) is 0 Å². The monoisotopic (exact) mass is 177 g/mol. The molecule has 1 aliphatic rings. The second-order valence-corrected chi connectivity index (χ2v) is 4.30. The molecule has 0 aromatic carbocycles. The first-order valence-corrected chi connectivity index (χ1v) is 4.73. The van der Waals surface area contributed by atoms with E-state index in [0.29, 0.717) is 0 Å². The van der Waals surface area contributed by atoms with E-state index in [4.69, 9.17) is 11.6 Å². The molecule has 10 heavy (non-hydrogen) atoms. The van der Waals surface area contributed by atoms with Gasteiger partial charge in [0.25, 0.3) is 0 Å². The van der Waals surface area contributed by atoms with Crippen LogP contribution in [0.25, 0.3) is 0 Å². The van der Waals surface area contributed by atoms with Crippen LogP contribution in [0.15, 0.2) is 10.6 Å². The maximum absolute atomic E-state index is 6.02. The number of hydrogen-bond acceptors (Lipinski definition) is 2. The summed E-state index contributed by atoms with van der Waals surface area (Å²) in [5.74, 6) is 0. The van der Waals surface area contributed by atoms with E-state index < -0.39 is 0 Å². The lowest BCUT2D eigenvalue weighted by Crippen LogP contribution is -2.22. The molecule has 0 N–H and O–H groups in total. The molecule has 1 aliphatic heterocycles. The van der Waals surface area contributed by atoms with Crippen molar-refractivity contribution in [2.45, 2.75) is 25.6 Å². The van der Waals surface area contributed by atoms with E-state index in [1.165, 1.54) is 10.6 Å². The molecule has 0 aromatic heterocycles. The fourth-order valence-corrected chi connectivity index (χ4v) is 2.73. The predicted molar refractivity (Wildman–Crippen MR) is 48.0 cm³/mol. The number of hydrogen-bond donors (Lipinski definition) is 0. The zero-order valence-electron chi connectivity index (χ0n) is 6.52. The average Bonchev–Trinajstić information content (AvgIpc) is 2.09. The topological polar surface area (TPSA) is 3.24 Å². The molecule has 3 heteroatoms. The van der Waals surface area contributed by atoms with Crippen LogP contribution in [-0.2, 0) is 0 Å². The van der Waals surface area contributed by atoms with Gasteiger partial charge in [-0.3, -0.25) is 0 Å². The fraction of sp³-hybridized carbons (Fsp3) is 0.714. The van der Waals surface area contributed by atoms with Gasteiger partial charge >= 0.3 is 0 Å². The van der Waals surface area contributed by atoms with Gasteiger partial charge in [0.15, 0.2) is 4.83 Å². The van der Waals surface area contributed by atoms with Gasteiger partial charge in [-0.25, -0.2) is 0 Å². The van der Waals surface area contributed by atoms with E-state index in [1.807, 2.05) is 0 Å². The summed E-state index contributed by atoms with van der Waals surface area (Å²) in [6, 6.07) is 0. The second kappa shape index (κ2) is 3.05. The van der Waals surface area contributed by atoms with Crippen molar-refractivity contribution in [2.75, 3.05) is 6.54 Å². The van der Waals surface area contributed by atoms with E-state index in [1.54, 1.807) is 11.8 Å². The molecule has 58 valence electrons. The van der Waals surface area contributed by atoms with Crippen LogP contribution in [0.3, 0.4) is 0 Å². The molecule has 0 aliphatic carbocycles. The number of thioether (sulfide) groups is 1. The molecule has 1 atom stereocenters. The van der Waals surface area contributed by atoms with Crippen LogP contribution in [0.1, 0.15) is 20.8 Å². The van der Waals surface area contributed by atoms with Gasteiger partial charge in [-0.1, -0.05) is 23.4 Å². The molecule has 1 nitrogen and oxygen atoms in total. The van der Waals surface area contributed by atoms with Crippen molar-refractivity contribution >= 4 is 23.4 Å². The van der Waals surface area contributed by atoms with E-state index >= 15 is 0 Å². The number of rotatable bonds is 1. The molecule has 1 rings (SSSR count). The van der Waals surface area contributed by atoms with Crippen LogP contribution in [0.5, 0.6) is 0 Å². The maximum atomic E-state index is 6.02. The quantitative estimate of drug-likeness (QED) is 0.448. The van der Waals surface area contributed by atoms with Gasteiger partial charge in [0.1, 0.15) is 0 Å². The van der Waals surface area contributed by atoms with Gasteiger partial charge in [0.05, 0.1) is 0 Å². The standard InChI is InChI=1S/C7H12ClNS/c1-4-9-5(2)6(3)10-7(9)8/h7H,4H2,1-3H3. The molecular formula is C7H12ClNS. The Morgan fingerprint density at radius 3 is 2.40 bits per heavy atom. The summed E-state index contributed by atoms with van der Waals surface area (Å²) in [5.41, 5.74) is 1.33. The van der Waals surface area contributed by atoms with Crippen LogP contribution < -0.4 is 0 Å². The summed E-state index contributed by atoms with van der Waals surface area (Å²) in [7, 11) is 0. The van der Waals surface area contributed by atoms with Crippen LogP contribution in [0.4, 0.5) is 0 Å². The van der Waals surface area contributed by atoms with Gasteiger partial charge in [0.2, 0.25) is 0 Å². The lowest BCUT2D eigenvalue weighted by Gasteiger charge is -2.20. The van der Waals surface area contributed by atoms with Gasteiger partial charge in [-0.2, -0.15) is 0 Å². The molecule has 0 saturated carbocycles. The van der Waals surface area contributed by atoms with Gasteiger partial charge in [-0.15, -0.1) is 0 Å². The zero-order chi connectivity index (χ0) is 7.72. The highest BCUT2D eigenvalue weighted by Gasteiger charge is 2.24. The molecular weight excluding hydrogens is 166 g/mol. The van der Waals surface area contributed by atoms with Crippen molar-refractivity contribution in [3.8, 4) is 0 Å². The van der Waals surface area contributed by atoms with Gasteiger partial charge in [0, 0.05) is 17.1 Å². The van der Waals surface area contributed by atoms with Gasteiger partial charge < -0.3 is 4.90 Å². The highest BCUT2D eigenvalue weighted by atomic mass is 35.5. The Balaban J connectivity index is 2.72. The summed E-state index contributed by atoms with van der Waals surface area (Å²) in [6.07, 6.45) is 0. The van der Waals surface area contributed by atoms with Crippen LogP contribution in [-0.4, -0.2) is 16.3 Å². The third kappa shape index (κ3) is 1.28. The number of halogens is 1. The van der Waals surface area contributed by atoms with E-state index in [0.717, 1.165) is 6.54 Å². The van der Waals surface area contributed by atoms with Crippen LogP contribution in [0.2, 0.25) is 0 Å². The van der Waals surface area contributed by atoms with E-state index in [-0.39, 0.29) is 4.83 Å². The van der Waals surface area contributed by atoms with Crippen molar-refractivity contribution in [3.05, 3.63) is 10.6 Å². The SMILES string of the molecule is CCN1C(C)=C(C)SC1Cl. The normalized spacial score (nSPS) is 26.4. The third-order valence-electron chi connectivity index (χ3n) is 1.80. The lowest BCUT2D eigenvalue weighted by atomic mass is 10.4. The Morgan fingerprint density at radius 1 is 1.60 bits per heavy atom. The van der Waals surface area contributed by atoms with Gasteiger partial charge in [-0.05, 0) is 20.8 Å². The van der Waals surface area contributed by atoms with E-state index in [2.05, 4.69) is 25.7 Å². The van der Waals surface area contributed by atoms with Crippen molar-refractivity contribution in [2.24, 2.45) is 0 Å². The van der Waals surface area contributed by atoms with Crippen LogP contribution >= 0.6 is 23.4 Å². The average molecular weight is 178 g/mol. The lowest BCUT2D eigenvalue weighted by molar-refractivity contribution is 0.408. The number of nitrogens with zero attached hydrogens (tertiary/aromatic N) is 1. The number of alkyl halides is 1. The Kier molecular flexibility index (Phi) is 2.53. The third-order valence-corrected chi connectivity index (χ3v) is 3.40. The highest BCUT2D eigenvalue weighted by Crippen LogP contribution is 2.38. The highest BCUT2D eigenvalue weighted by molar-refractivity contribution is 8.04. The largest absolute Gasteiger partial charge is 0.350 e. The second-order valence-electron chi connectivity index (χ2n) is 2.34. The first kappa shape index (κ1) is 8.28. The predicted octanol–water partition coefficient (Wildman–Crippen LogP) is 2.83. The molecule has 0 spiro atoms. The zero-order valence-corrected chi connectivity index (χ0v) is 8.09. The fourth-order valence-electron chi connectivity index (χ4n) is 1.03. The Labute approximate surface area is 71.4 Å². The Morgan fingerprint density at radius 2 is 2.20 bits per heavy atom. The minimum atomic E-state index is 0.130. The minimum Gasteiger partial charge on any atom is -0.350 e. The summed E-state index contributed by atoms with van der Waals surface area (Å²) in [6.45, 7) is 7.36. The van der Waals surface area contributed by atoms with Crippen molar-refractivity contribution in [1.82, 2.24) is 4.90 Å². The molecule has 0 saturated heterocycles. The maximum Gasteiger partial charge on any atom is 0.155 e. The first-order chi connectivity index (χ1) is 4.66. The van der Waals surface area contributed by atoms with Crippen LogP contribution in [0, 0.1) is 0 Å². The van der Waals surface area contributed by atoms with Crippen molar-refractivity contribution in [1.29, 1.82) is 0 Å². The molecule has 1 unspecified atom stereocenters. The Hall–Kier alpha value is 0.180. The summed E-state index contributed by atoms with van der Waals surface area (Å²) in [4.78, 5) is 3.67. The molecule has 0 bridgehead atoms.